The number of carbonyl (C=O) groups excluding carboxylic acids is 1. The number of carbonyl (C=O) groups is 1. The van der Waals surface area contributed by atoms with Crippen molar-refractivity contribution in [1.29, 1.82) is 0 Å². The number of aliphatic hydroxyl groups excluding tert-OH is 1. The van der Waals surface area contributed by atoms with E-state index in [9.17, 15) is 9.90 Å². The van der Waals surface area contributed by atoms with Gasteiger partial charge in [-0.25, -0.2) is 0 Å². The number of halogens is 1. The lowest BCUT2D eigenvalue weighted by molar-refractivity contribution is -0.146. The Morgan fingerprint density at radius 3 is 3.05 bits per heavy atom. The Hall–Kier alpha value is -1.11. The Kier molecular flexibility index (Phi) is 5.39. The first-order valence-electron chi connectivity index (χ1n) is 6.48. The lowest BCUT2D eigenvalue weighted by Crippen LogP contribution is -2.39. The summed E-state index contributed by atoms with van der Waals surface area (Å²) in [5.41, 5.74) is 0. The number of aliphatic hydroxyl groups is 1. The molecule has 5 nitrogen and oxygen atoms in total. The quantitative estimate of drug-likeness (QED) is 0.819. The third-order valence-electron chi connectivity index (χ3n) is 3.30. The number of benzene rings is 1. The molecule has 0 radical (unpaired) electrons. The Morgan fingerprint density at radius 2 is 2.35 bits per heavy atom. The molecular weight excluding hydrogens is 326 g/mol. The molecule has 0 saturated carbocycles. The van der Waals surface area contributed by atoms with Gasteiger partial charge in [-0.1, -0.05) is 22.0 Å². The molecule has 2 atom stereocenters. The van der Waals surface area contributed by atoms with E-state index in [2.05, 4.69) is 15.9 Å². The van der Waals surface area contributed by atoms with E-state index in [0.717, 1.165) is 10.2 Å². The number of hydrogen-bond donors (Lipinski definition) is 1. The second kappa shape index (κ2) is 7.06. The number of esters is 1. The normalized spacial score (nSPS) is 22.8. The van der Waals surface area contributed by atoms with Crippen molar-refractivity contribution < 1.29 is 19.4 Å². The highest BCUT2D eigenvalue weighted by atomic mass is 79.9. The molecule has 0 spiro atoms. The largest absolute Gasteiger partial charge is 0.492 e. The van der Waals surface area contributed by atoms with Gasteiger partial charge in [0.15, 0.2) is 0 Å². The number of nitrogens with zero attached hydrogens (tertiary/aromatic N) is 1. The zero-order valence-electron chi connectivity index (χ0n) is 11.3. The minimum atomic E-state index is -0.482. The van der Waals surface area contributed by atoms with E-state index < -0.39 is 6.10 Å². The van der Waals surface area contributed by atoms with Gasteiger partial charge in [0.2, 0.25) is 0 Å². The van der Waals surface area contributed by atoms with Crippen molar-refractivity contribution in [2.75, 3.05) is 26.8 Å². The maximum atomic E-state index is 11.6. The second-order valence-electron chi connectivity index (χ2n) is 4.73. The monoisotopic (exact) mass is 343 g/mol. The van der Waals surface area contributed by atoms with Crippen molar-refractivity contribution in [2.45, 2.75) is 18.6 Å². The van der Waals surface area contributed by atoms with Crippen LogP contribution in [0.4, 0.5) is 0 Å². The fourth-order valence-electron chi connectivity index (χ4n) is 2.35. The van der Waals surface area contributed by atoms with Crippen LogP contribution in [0.5, 0.6) is 5.75 Å². The Morgan fingerprint density at radius 1 is 1.55 bits per heavy atom. The summed E-state index contributed by atoms with van der Waals surface area (Å²) < 4.78 is 11.4. The Balaban J connectivity index is 1.85. The van der Waals surface area contributed by atoms with Gasteiger partial charge in [0.05, 0.1) is 13.2 Å². The van der Waals surface area contributed by atoms with E-state index >= 15 is 0 Å². The lowest BCUT2D eigenvalue weighted by Gasteiger charge is -2.21. The molecule has 1 N–H and O–H groups in total. The van der Waals surface area contributed by atoms with Gasteiger partial charge in [0.25, 0.3) is 0 Å². The highest BCUT2D eigenvalue weighted by Crippen LogP contribution is 2.20. The van der Waals surface area contributed by atoms with Gasteiger partial charge >= 0.3 is 5.97 Å². The van der Waals surface area contributed by atoms with Crippen LogP contribution in [0.1, 0.15) is 6.42 Å². The molecule has 1 aromatic rings. The highest BCUT2D eigenvalue weighted by Gasteiger charge is 2.36. The van der Waals surface area contributed by atoms with Crippen LogP contribution in [0.25, 0.3) is 0 Å². The minimum absolute atomic E-state index is 0.302. The summed E-state index contributed by atoms with van der Waals surface area (Å²) in [5.74, 6) is 0.470. The maximum Gasteiger partial charge on any atom is 0.323 e. The van der Waals surface area contributed by atoms with E-state index in [1.165, 1.54) is 7.11 Å². The molecule has 0 bridgehead atoms. The molecule has 1 heterocycles. The van der Waals surface area contributed by atoms with Crippen molar-refractivity contribution in [1.82, 2.24) is 4.90 Å². The molecule has 110 valence electrons. The third-order valence-corrected chi connectivity index (χ3v) is 3.79. The van der Waals surface area contributed by atoms with Crippen molar-refractivity contribution in [3.63, 3.8) is 0 Å². The lowest BCUT2D eigenvalue weighted by atomic mass is 10.2. The molecule has 1 aliphatic rings. The van der Waals surface area contributed by atoms with E-state index in [1.807, 2.05) is 29.2 Å². The second-order valence-corrected chi connectivity index (χ2v) is 5.64. The summed E-state index contributed by atoms with van der Waals surface area (Å²) in [6, 6.07) is 7.21. The predicted molar refractivity (Wildman–Crippen MR) is 77.6 cm³/mol. The van der Waals surface area contributed by atoms with Gasteiger partial charge in [-0.2, -0.15) is 0 Å². The summed E-state index contributed by atoms with van der Waals surface area (Å²) in [6.45, 7) is 1.50. The van der Waals surface area contributed by atoms with E-state index in [0.29, 0.717) is 26.1 Å². The molecule has 20 heavy (non-hydrogen) atoms. The first kappa shape index (κ1) is 15.3. The highest BCUT2D eigenvalue weighted by molar-refractivity contribution is 9.10. The van der Waals surface area contributed by atoms with Gasteiger partial charge in [0, 0.05) is 24.0 Å². The molecule has 6 heteroatoms. The number of hydrogen-bond acceptors (Lipinski definition) is 5. The molecule has 0 aliphatic carbocycles. The van der Waals surface area contributed by atoms with Crippen LogP contribution in [0.15, 0.2) is 28.7 Å². The molecule has 1 aliphatic heterocycles. The first-order chi connectivity index (χ1) is 9.60. The summed E-state index contributed by atoms with van der Waals surface area (Å²) in [5, 5.41) is 9.67. The zero-order valence-corrected chi connectivity index (χ0v) is 12.9. The molecular formula is C14H18BrNO4. The van der Waals surface area contributed by atoms with E-state index in [-0.39, 0.29) is 12.0 Å². The van der Waals surface area contributed by atoms with Crippen LogP contribution in [0.3, 0.4) is 0 Å². The van der Waals surface area contributed by atoms with Gasteiger partial charge in [-0.3, -0.25) is 9.69 Å². The van der Waals surface area contributed by atoms with Crippen molar-refractivity contribution in [3.8, 4) is 5.75 Å². The van der Waals surface area contributed by atoms with Crippen LogP contribution < -0.4 is 4.74 Å². The molecule has 2 rings (SSSR count). The average Bonchev–Trinajstić information content (AvgIpc) is 2.79. The third kappa shape index (κ3) is 3.94. The molecule has 0 amide bonds. The fraction of sp³-hybridized carbons (Fsp3) is 0.500. The van der Waals surface area contributed by atoms with E-state index in [1.54, 1.807) is 0 Å². The predicted octanol–water partition coefficient (Wildman–Crippen LogP) is 1.44. The van der Waals surface area contributed by atoms with Crippen molar-refractivity contribution in [3.05, 3.63) is 28.7 Å². The molecule has 1 fully saturated rings. The van der Waals surface area contributed by atoms with Crippen LogP contribution in [0.2, 0.25) is 0 Å². The topological polar surface area (TPSA) is 59.0 Å². The van der Waals surface area contributed by atoms with Gasteiger partial charge in [-0.15, -0.1) is 0 Å². The summed E-state index contributed by atoms with van der Waals surface area (Å²) in [6.07, 6.45) is -0.0613. The number of methoxy groups -OCH3 is 1. The SMILES string of the molecule is COC(=O)C1CC(O)CN1CCOc1cccc(Br)c1. The van der Waals surface area contributed by atoms with Crippen LogP contribution in [-0.2, 0) is 9.53 Å². The number of rotatable bonds is 5. The summed E-state index contributed by atoms with van der Waals surface area (Å²) in [4.78, 5) is 13.5. The Bertz CT molecular complexity index is 468. The molecule has 1 aromatic carbocycles. The Labute approximate surface area is 126 Å². The van der Waals surface area contributed by atoms with Gasteiger partial charge in [-0.05, 0) is 18.2 Å². The van der Waals surface area contributed by atoms with Crippen LogP contribution >= 0.6 is 15.9 Å². The average molecular weight is 344 g/mol. The number of ether oxygens (including phenoxy) is 2. The molecule has 1 saturated heterocycles. The van der Waals surface area contributed by atoms with Gasteiger partial charge in [0.1, 0.15) is 18.4 Å². The fourth-order valence-corrected chi connectivity index (χ4v) is 2.72. The van der Waals surface area contributed by atoms with E-state index in [4.69, 9.17) is 9.47 Å². The summed E-state index contributed by atoms with van der Waals surface area (Å²) in [7, 11) is 1.36. The standard InChI is InChI=1S/C14H18BrNO4/c1-19-14(18)13-8-11(17)9-16(13)5-6-20-12-4-2-3-10(15)7-12/h2-4,7,11,13,17H,5-6,8-9H2,1H3. The maximum absolute atomic E-state index is 11.6. The summed E-state index contributed by atoms with van der Waals surface area (Å²) >= 11 is 3.38. The van der Waals surface area contributed by atoms with Crippen LogP contribution in [-0.4, -0.2) is 54.9 Å². The number of likely N-dealkylation sites (tertiary alicyclic amines) is 1. The molecule has 0 aromatic heterocycles. The van der Waals surface area contributed by atoms with Crippen molar-refractivity contribution in [2.24, 2.45) is 0 Å². The first-order valence-corrected chi connectivity index (χ1v) is 7.27. The smallest absolute Gasteiger partial charge is 0.323 e. The van der Waals surface area contributed by atoms with Gasteiger partial charge < -0.3 is 14.6 Å². The minimum Gasteiger partial charge on any atom is -0.492 e. The van der Waals surface area contributed by atoms with Crippen molar-refractivity contribution >= 4 is 21.9 Å². The molecule has 2 unspecified atom stereocenters. The number of β-amino-alcohol motifs (C(OH)–C–C–N with tert-alkyl or cyclic N) is 1. The zero-order chi connectivity index (χ0) is 14.5. The van der Waals surface area contributed by atoms with Crippen LogP contribution in [0, 0.1) is 0 Å².